The number of fused-ring (bicyclic) bond motifs is 1. The zero-order valence-corrected chi connectivity index (χ0v) is 7.78. The van der Waals surface area contributed by atoms with E-state index in [2.05, 4.69) is 10.3 Å². The van der Waals surface area contributed by atoms with Gasteiger partial charge >= 0.3 is 0 Å². The highest BCUT2D eigenvalue weighted by Gasteiger charge is 2.06. The van der Waals surface area contributed by atoms with Gasteiger partial charge in [-0.15, -0.1) is 5.10 Å². The zero-order chi connectivity index (χ0) is 9.26. The summed E-state index contributed by atoms with van der Waals surface area (Å²) in [4.78, 5) is 0. The Kier molecular flexibility index (Phi) is 1.94. The SMILES string of the molecule is COC(=S)n1nnc2ccccc21. The maximum absolute atomic E-state index is 4.94. The number of aromatic nitrogens is 3. The van der Waals surface area contributed by atoms with E-state index in [0.717, 1.165) is 11.0 Å². The van der Waals surface area contributed by atoms with Crippen LogP contribution in [0.15, 0.2) is 24.3 Å². The van der Waals surface area contributed by atoms with Gasteiger partial charge in [0.05, 0.1) is 12.6 Å². The van der Waals surface area contributed by atoms with Crippen LogP contribution in [0.1, 0.15) is 0 Å². The largest absolute Gasteiger partial charge is 0.473 e. The standard InChI is InChI=1S/C8H7N3OS/c1-12-8(13)11-7-5-3-2-4-6(7)9-10-11/h2-5H,1H3. The molecule has 1 aromatic carbocycles. The van der Waals surface area contributed by atoms with Crippen molar-refractivity contribution in [3.63, 3.8) is 0 Å². The van der Waals surface area contributed by atoms with Crippen molar-refractivity contribution in [3.05, 3.63) is 24.3 Å². The molecule has 0 aliphatic rings. The van der Waals surface area contributed by atoms with Crippen molar-refractivity contribution in [2.45, 2.75) is 0 Å². The van der Waals surface area contributed by atoms with Gasteiger partial charge in [-0.05, 0) is 24.4 Å². The van der Waals surface area contributed by atoms with E-state index >= 15 is 0 Å². The second kappa shape index (κ2) is 3.10. The van der Waals surface area contributed by atoms with Crippen LogP contribution in [-0.2, 0) is 4.74 Å². The molecule has 0 saturated heterocycles. The smallest absolute Gasteiger partial charge is 0.286 e. The van der Waals surface area contributed by atoms with Crippen LogP contribution in [0.3, 0.4) is 0 Å². The third-order valence-corrected chi connectivity index (χ3v) is 2.04. The molecular formula is C8H7N3OS. The Bertz CT molecular complexity index is 451. The fourth-order valence-corrected chi connectivity index (χ4v) is 1.23. The summed E-state index contributed by atoms with van der Waals surface area (Å²) in [5.74, 6) is 0. The van der Waals surface area contributed by atoms with E-state index in [1.165, 1.54) is 11.8 Å². The molecule has 0 spiro atoms. The van der Waals surface area contributed by atoms with Crippen LogP contribution in [-0.4, -0.2) is 27.3 Å². The van der Waals surface area contributed by atoms with E-state index in [4.69, 9.17) is 17.0 Å². The lowest BCUT2D eigenvalue weighted by Crippen LogP contribution is -2.12. The highest BCUT2D eigenvalue weighted by Crippen LogP contribution is 2.09. The van der Waals surface area contributed by atoms with Crippen LogP contribution in [0.4, 0.5) is 0 Å². The number of hydrogen-bond donors (Lipinski definition) is 0. The van der Waals surface area contributed by atoms with Crippen molar-refractivity contribution >= 4 is 28.4 Å². The molecule has 2 aromatic rings. The first-order valence-corrected chi connectivity index (χ1v) is 4.12. The van der Waals surface area contributed by atoms with Crippen LogP contribution in [0.2, 0.25) is 0 Å². The Morgan fingerprint density at radius 3 is 3.00 bits per heavy atom. The summed E-state index contributed by atoms with van der Waals surface area (Å²) in [5, 5.41) is 8.10. The minimum atomic E-state index is 0.300. The minimum absolute atomic E-state index is 0.300. The summed E-state index contributed by atoms with van der Waals surface area (Å²) in [6.07, 6.45) is 0. The maximum atomic E-state index is 4.94. The molecule has 1 heterocycles. The van der Waals surface area contributed by atoms with Crippen LogP contribution >= 0.6 is 12.2 Å². The number of thiocarbonyl (C=S) groups is 1. The number of rotatable bonds is 0. The Labute approximate surface area is 80.1 Å². The zero-order valence-electron chi connectivity index (χ0n) is 6.97. The second-order valence-electron chi connectivity index (χ2n) is 2.46. The predicted octanol–water partition coefficient (Wildman–Crippen LogP) is 1.21. The number of nitrogens with zero attached hydrogens (tertiary/aromatic N) is 3. The molecule has 0 saturated carbocycles. The molecule has 2 rings (SSSR count). The van der Waals surface area contributed by atoms with Crippen LogP contribution in [0.5, 0.6) is 0 Å². The molecular weight excluding hydrogens is 186 g/mol. The van der Waals surface area contributed by atoms with Crippen molar-refractivity contribution < 1.29 is 4.74 Å². The normalized spacial score (nSPS) is 10.2. The molecule has 1 aromatic heterocycles. The van der Waals surface area contributed by atoms with Gasteiger partial charge in [0.15, 0.2) is 0 Å². The first kappa shape index (κ1) is 8.12. The Hall–Kier alpha value is -1.49. The third-order valence-electron chi connectivity index (χ3n) is 1.70. The number of hydrogen-bond acceptors (Lipinski definition) is 4. The topological polar surface area (TPSA) is 39.9 Å². The summed E-state index contributed by atoms with van der Waals surface area (Å²) in [5.41, 5.74) is 1.66. The average molecular weight is 193 g/mol. The minimum Gasteiger partial charge on any atom is -0.473 e. The molecule has 13 heavy (non-hydrogen) atoms. The summed E-state index contributed by atoms with van der Waals surface area (Å²) >= 11 is 4.94. The molecule has 66 valence electrons. The molecule has 0 aliphatic heterocycles. The Balaban J connectivity index is 2.64. The number of benzene rings is 1. The molecule has 0 N–H and O–H groups in total. The Morgan fingerprint density at radius 2 is 2.23 bits per heavy atom. The molecule has 5 heteroatoms. The first-order valence-electron chi connectivity index (χ1n) is 3.71. The van der Waals surface area contributed by atoms with E-state index in [1.54, 1.807) is 0 Å². The molecule has 0 atom stereocenters. The number of ether oxygens (including phenoxy) is 1. The number of para-hydroxylation sites is 1. The maximum Gasteiger partial charge on any atom is 0.286 e. The van der Waals surface area contributed by atoms with Crippen molar-refractivity contribution in [1.29, 1.82) is 0 Å². The molecule has 0 unspecified atom stereocenters. The highest BCUT2D eigenvalue weighted by atomic mass is 32.1. The second-order valence-corrected chi connectivity index (χ2v) is 2.81. The van der Waals surface area contributed by atoms with Gasteiger partial charge in [-0.25, -0.2) is 0 Å². The molecule has 0 bridgehead atoms. The van der Waals surface area contributed by atoms with Gasteiger partial charge in [0, 0.05) is 0 Å². The lowest BCUT2D eigenvalue weighted by atomic mass is 10.3. The summed E-state index contributed by atoms with van der Waals surface area (Å²) in [6.45, 7) is 0. The van der Waals surface area contributed by atoms with Gasteiger partial charge in [-0.1, -0.05) is 17.3 Å². The van der Waals surface area contributed by atoms with E-state index < -0.39 is 0 Å². The predicted molar refractivity (Wildman–Crippen MR) is 52.5 cm³/mol. The Morgan fingerprint density at radius 1 is 1.46 bits per heavy atom. The monoisotopic (exact) mass is 193 g/mol. The van der Waals surface area contributed by atoms with Crippen LogP contribution in [0, 0.1) is 0 Å². The molecule has 0 amide bonds. The van der Waals surface area contributed by atoms with Crippen LogP contribution < -0.4 is 0 Å². The molecule has 0 fully saturated rings. The molecule has 0 aliphatic carbocycles. The summed E-state index contributed by atoms with van der Waals surface area (Å²) < 4.78 is 6.39. The quantitative estimate of drug-likeness (QED) is 0.590. The van der Waals surface area contributed by atoms with Gasteiger partial charge in [0.1, 0.15) is 5.52 Å². The lowest BCUT2D eigenvalue weighted by molar-refractivity contribution is 0.391. The lowest BCUT2D eigenvalue weighted by Gasteiger charge is -2.00. The third kappa shape index (κ3) is 1.27. The van der Waals surface area contributed by atoms with Gasteiger partial charge in [-0.3, -0.25) is 0 Å². The molecule has 4 nitrogen and oxygen atoms in total. The van der Waals surface area contributed by atoms with Crippen molar-refractivity contribution in [2.75, 3.05) is 7.11 Å². The van der Waals surface area contributed by atoms with Crippen molar-refractivity contribution in [2.24, 2.45) is 0 Å². The fraction of sp³-hybridized carbons (Fsp3) is 0.125. The fourth-order valence-electron chi connectivity index (χ4n) is 1.09. The van der Waals surface area contributed by atoms with E-state index in [9.17, 15) is 0 Å². The van der Waals surface area contributed by atoms with E-state index in [1.807, 2.05) is 24.3 Å². The van der Waals surface area contributed by atoms with E-state index in [-0.39, 0.29) is 0 Å². The van der Waals surface area contributed by atoms with Crippen molar-refractivity contribution in [1.82, 2.24) is 15.0 Å². The van der Waals surface area contributed by atoms with Crippen LogP contribution in [0.25, 0.3) is 11.0 Å². The number of methoxy groups -OCH3 is 1. The highest BCUT2D eigenvalue weighted by molar-refractivity contribution is 7.80. The van der Waals surface area contributed by atoms with Gasteiger partial charge in [-0.2, -0.15) is 4.68 Å². The van der Waals surface area contributed by atoms with Gasteiger partial charge in [0.25, 0.3) is 5.17 Å². The summed E-state index contributed by atoms with van der Waals surface area (Å²) in [6, 6.07) is 7.56. The summed E-state index contributed by atoms with van der Waals surface area (Å²) in [7, 11) is 1.51. The van der Waals surface area contributed by atoms with Gasteiger partial charge in [0.2, 0.25) is 0 Å². The van der Waals surface area contributed by atoms with E-state index in [0.29, 0.717) is 5.17 Å². The molecule has 0 radical (unpaired) electrons. The first-order chi connectivity index (χ1) is 6.33. The van der Waals surface area contributed by atoms with Gasteiger partial charge < -0.3 is 4.74 Å². The van der Waals surface area contributed by atoms with Crippen molar-refractivity contribution in [3.8, 4) is 0 Å². The average Bonchev–Trinajstić information content (AvgIpc) is 2.60.